The lowest BCUT2D eigenvalue weighted by atomic mass is 9.90. The van der Waals surface area contributed by atoms with Crippen LogP contribution in [0.4, 0.5) is 0 Å². The van der Waals surface area contributed by atoms with E-state index in [0.717, 1.165) is 6.54 Å². The fourth-order valence-corrected chi connectivity index (χ4v) is 2.56. The lowest BCUT2D eigenvalue weighted by molar-refractivity contribution is 0.550. The minimum absolute atomic E-state index is 0.0571. The molecule has 0 saturated heterocycles. The summed E-state index contributed by atoms with van der Waals surface area (Å²) >= 11 is 0. The zero-order chi connectivity index (χ0) is 14.2. The van der Waals surface area contributed by atoms with Gasteiger partial charge in [0, 0.05) is 10.8 Å². The molecule has 0 bridgehead atoms. The van der Waals surface area contributed by atoms with Gasteiger partial charge in [-0.05, 0) is 11.6 Å². The smallest absolute Gasteiger partial charge is 0.0756 e. The molecule has 102 valence electrons. The molecular formula is C18H20N2. The van der Waals surface area contributed by atoms with Gasteiger partial charge < -0.3 is 0 Å². The molecule has 0 fully saturated rings. The summed E-state index contributed by atoms with van der Waals surface area (Å²) in [5.41, 5.74) is 3.72. The van der Waals surface area contributed by atoms with E-state index in [9.17, 15) is 0 Å². The van der Waals surface area contributed by atoms with E-state index in [0.29, 0.717) is 0 Å². The van der Waals surface area contributed by atoms with Crippen LogP contribution in [0.15, 0.2) is 54.6 Å². The van der Waals surface area contributed by atoms with Gasteiger partial charge in [-0.2, -0.15) is 5.10 Å². The summed E-state index contributed by atoms with van der Waals surface area (Å²) in [7, 11) is 0. The summed E-state index contributed by atoms with van der Waals surface area (Å²) < 4.78 is 2.12. The molecule has 0 aliphatic rings. The molecule has 3 aromatic rings. The molecule has 20 heavy (non-hydrogen) atoms. The molecule has 0 saturated carbocycles. The van der Waals surface area contributed by atoms with E-state index in [2.05, 4.69) is 74.0 Å². The first-order valence-corrected chi connectivity index (χ1v) is 7.06. The van der Waals surface area contributed by atoms with E-state index in [1.54, 1.807) is 0 Å². The van der Waals surface area contributed by atoms with Gasteiger partial charge in [0.25, 0.3) is 0 Å². The monoisotopic (exact) mass is 264 g/mol. The summed E-state index contributed by atoms with van der Waals surface area (Å²) in [6, 6.07) is 19.0. The number of benzene rings is 2. The fraction of sp³-hybridized carbons (Fsp3) is 0.278. The van der Waals surface area contributed by atoms with Crippen molar-refractivity contribution < 1.29 is 0 Å². The number of fused-ring (bicyclic) bond motifs is 1. The highest BCUT2D eigenvalue weighted by Gasteiger charge is 2.21. The van der Waals surface area contributed by atoms with Gasteiger partial charge in [-0.25, -0.2) is 0 Å². The van der Waals surface area contributed by atoms with Crippen molar-refractivity contribution >= 4 is 10.9 Å². The maximum atomic E-state index is 4.87. The highest BCUT2D eigenvalue weighted by molar-refractivity contribution is 5.83. The van der Waals surface area contributed by atoms with Crippen molar-refractivity contribution in [2.24, 2.45) is 0 Å². The van der Waals surface area contributed by atoms with Gasteiger partial charge in [-0.1, -0.05) is 69.3 Å². The summed E-state index contributed by atoms with van der Waals surface area (Å²) in [5, 5.41) is 6.13. The standard InChI is InChI=1S/C18H20N2/c1-18(2,3)17-15-11-7-8-12-16(15)20(19-17)13-14-9-5-4-6-10-14/h4-12H,13H2,1-3H3. The molecule has 0 spiro atoms. The highest BCUT2D eigenvalue weighted by Crippen LogP contribution is 2.29. The van der Waals surface area contributed by atoms with Crippen LogP contribution < -0.4 is 0 Å². The second-order valence-electron chi connectivity index (χ2n) is 6.26. The van der Waals surface area contributed by atoms with Crippen molar-refractivity contribution in [3.8, 4) is 0 Å². The number of hydrogen-bond donors (Lipinski definition) is 0. The Bertz CT molecular complexity index is 718. The maximum absolute atomic E-state index is 4.87. The molecule has 1 heterocycles. The maximum Gasteiger partial charge on any atom is 0.0756 e. The molecule has 0 unspecified atom stereocenters. The SMILES string of the molecule is CC(C)(C)c1nn(Cc2ccccc2)c2ccccc12. The van der Waals surface area contributed by atoms with E-state index in [-0.39, 0.29) is 5.41 Å². The number of hydrogen-bond acceptors (Lipinski definition) is 1. The summed E-state index contributed by atoms with van der Waals surface area (Å²) in [6.45, 7) is 7.47. The Kier molecular flexibility index (Phi) is 3.09. The summed E-state index contributed by atoms with van der Waals surface area (Å²) in [4.78, 5) is 0. The molecule has 3 rings (SSSR count). The largest absolute Gasteiger partial charge is 0.260 e. The topological polar surface area (TPSA) is 17.8 Å². The fourth-order valence-electron chi connectivity index (χ4n) is 2.56. The summed E-state index contributed by atoms with van der Waals surface area (Å²) in [6.07, 6.45) is 0. The van der Waals surface area contributed by atoms with Crippen LogP contribution in [0.3, 0.4) is 0 Å². The Morgan fingerprint density at radius 3 is 2.25 bits per heavy atom. The normalized spacial score (nSPS) is 11.9. The van der Waals surface area contributed by atoms with Crippen molar-refractivity contribution in [2.75, 3.05) is 0 Å². The predicted molar refractivity (Wildman–Crippen MR) is 84.0 cm³/mol. The average molecular weight is 264 g/mol. The predicted octanol–water partition coefficient (Wildman–Crippen LogP) is 4.38. The van der Waals surface area contributed by atoms with Crippen molar-refractivity contribution in [1.29, 1.82) is 0 Å². The Morgan fingerprint density at radius 2 is 1.55 bits per heavy atom. The van der Waals surface area contributed by atoms with Gasteiger partial charge in [-0.15, -0.1) is 0 Å². The molecule has 0 radical (unpaired) electrons. The molecule has 0 N–H and O–H groups in total. The Hall–Kier alpha value is -2.09. The Labute approximate surface area is 120 Å². The van der Waals surface area contributed by atoms with E-state index < -0.39 is 0 Å². The van der Waals surface area contributed by atoms with Crippen LogP contribution in [-0.4, -0.2) is 9.78 Å². The highest BCUT2D eigenvalue weighted by atomic mass is 15.3. The molecule has 0 atom stereocenters. The average Bonchev–Trinajstić information content (AvgIpc) is 2.79. The first-order valence-electron chi connectivity index (χ1n) is 7.06. The minimum Gasteiger partial charge on any atom is -0.260 e. The molecule has 0 aliphatic carbocycles. The molecule has 2 heteroatoms. The Morgan fingerprint density at radius 1 is 0.900 bits per heavy atom. The third-order valence-electron chi connectivity index (χ3n) is 3.54. The van der Waals surface area contributed by atoms with Gasteiger partial charge in [-0.3, -0.25) is 4.68 Å². The number of nitrogens with zero attached hydrogens (tertiary/aromatic N) is 2. The van der Waals surface area contributed by atoms with Gasteiger partial charge in [0.2, 0.25) is 0 Å². The van der Waals surface area contributed by atoms with Gasteiger partial charge in [0.15, 0.2) is 0 Å². The van der Waals surface area contributed by atoms with Crippen LogP contribution in [0.1, 0.15) is 32.0 Å². The van der Waals surface area contributed by atoms with Crippen LogP contribution in [0.25, 0.3) is 10.9 Å². The van der Waals surface area contributed by atoms with Crippen molar-refractivity contribution in [3.63, 3.8) is 0 Å². The molecule has 2 aromatic carbocycles. The molecule has 0 amide bonds. The van der Waals surface area contributed by atoms with Gasteiger partial charge in [0.05, 0.1) is 17.8 Å². The lowest BCUT2D eigenvalue weighted by Gasteiger charge is -2.15. The van der Waals surface area contributed by atoms with Crippen LogP contribution >= 0.6 is 0 Å². The van der Waals surface area contributed by atoms with E-state index >= 15 is 0 Å². The first kappa shape index (κ1) is 12.9. The first-order chi connectivity index (χ1) is 9.55. The summed E-state index contributed by atoms with van der Waals surface area (Å²) in [5.74, 6) is 0. The molecular weight excluding hydrogens is 244 g/mol. The quantitative estimate of drug-likeness (QED) is 0.671. The third-order valence-corrected chi connectivity index (χ3v) is 3.54. The Balaban J connectivity index is 2.12. The van der Waals surface area contributed by atoms with Crippen LogP contribution in [0.2, 0.25) is 0 Å². The van der Waals surface area contributed by atoms with E-state index in [4.69, 9.17) is 5.10 Å². The van der Waals surface area contributed by atoms with Crippen molar-refractivity contribution in [3.05, 3.63) is 65.9 Å². The zero-order valence-electron chi connectivity index (χ0n) is 12.3. The van der Waals surface area contributed by atoms with Crippen molar-refractivity contribution in [2.45, 2.75) is 32.7 Å². The molecule has 0 aliphatic heterocycles. The van der Waals surface area contributed by atoms with Gasteiger partial charge >= 0.3 is 0 Å². The van der Waals surface area contributed by atoms with Gasteiger partial charge in [0.1, 0.15) is 0 Å². The minimum atomic E-state index is 0.0571. The van der Waals surface area contributed by atoms with Crippen LogP contribution in [0, 0.1) is 0 Å². The van der Waals surface area contributed by atoms with E-state index in [1.165, 1.54) is 22.2 Å². The van der Waals surface area contributed by atoms with Crippen LogP contribution in [-0.2, 0) is 12.0 Å². The van der Waals surface area contributed by atoms with Crippen molar-refractivity contribution in [1.82, 2.24) is 9.78 Å². The van der Waals surface area contributed by atoms with Crippen LogP contribution in [0.5, 0.6) is 0 Å². The lowest BCUT2D eigenvalue weighted by Crippen LogP contribution is -2.13. The molecule has 2 nitrogen and oxygen atoms in total. The second-order valence-corrected chi connectivity index (χ2v) is 6.26. The zero-order valence-corrected chi connectivity index (χ0v) is 12.3. The van der Waals surface area contributed by atoms with E-state index in [1.807, 2.05) is 6.07 Å². The second kappa shape index (κ2) is 4.78. The number of rotatable bonds is 2. The molecule has 1 aromatic heterocycles. The number of para-hydroxylation sites is 1. The number of aromatic nitrogens is 2. The third kappa shape index (κ3) is 2.34.